The number of hydrogen-bond acceptors (Lipinski definition) is 13. The molecule has 19 heteroatoms. The maximum atomic E-state index is 13.9. The first-order valence-corrected chi connectivity index (χ1v) is 24.0. The third-order valence-electron chi connectivity index (χ3n) is 12.1. The molecule has 0 aromatic heterocycles. The van der Waals surface area contributed by atoms with Gasteiger partial charge in [0.1, 0.15) is 23.0 Å². The number of carboxylic acid groups (broad SMARTS) is 2. The van der Waals surface area contributed by atoms with Crippen LogP contribution in [0.15, 0.2) is 103 Å². The predicted molar refractivity (Wildman–Crippen MR) is 265 cm³/mol. The lowest BCUT2D eigenvalue weighted by atomic mass is 9.96. The number of ketones is 2. The zero-order valence-electron chi connectivity index (χ0n) is 41.0. The molecule has 6 rings (SSSR count). The number of Topliss-reactive ketones (excluding diaryl/α,β-unsaturated/α-hetero) is 2. The van der Waals surface area contributed by atoms with E-state index in [-0.39, 0.29) is 30.7 Å². The maximum absolute atomic E-state index is 13.9. The van der Waals surface area contributed by atoms with E-state index >= 15 is 0 Å². The Morgan fingerprint density at radius 2 is 1.12 bits per heavy atom. The fraction of sp³-hybridized carbons (Fsp3) is 0.370. The first-order valence-electron chi connectivity index (χ1n) is 24.0. The van der Waals surface area contributed by atoms with E-state index in [1.807, 2.05) is 0 Å². The Kier molecular flexibility index (Phi) is 20.8. The summed E-state index contributed by atoms with van der Waals surface area (Å²) >= 11 is 0. The van der Waals surface area contributed by atoms with E-state index in [1.165, 1.54) is 63.5 Å². The second-order valence-corrected chi connectivity index (χ2v) is 17.2. The molecule has 73 heavy (non-hydrogen) atoms. The van der Waals surface area contributed by atoms with E-state index in [0.717, 1.165) is 44.9 Å². The van der Waals surface area contributed by atoms with Crippen LogP contribution in [0.25, 0.3) is 0 Å². The lowest BCUT2D eigenvalue weighted by Crippen LogP contribution is -2.65. The highest BCUT2D eigenvalue weighted by Crippen LogP contribution is 2.32. The topological polar surface area (TPSA) is 269 Å². The molecule has 0 bridgehead atoms. The van der Waals surface area contributed by atoms with Gasteiger partial charge < -0.3 is 35.1 Å². The summed E-state index contributed by atoms with van der Waals surface area (Å²) < 4.78 is 16.0. The molecular weight excluding hydrogens is 945 g/mol. The van der Waals surface area contributed by atoms with Gasteiger partial charge >= 0.3 is 11.9 Å². The Bertz CT molecular complexity index is 2590. The van der Waals surface area contributed by atoms with Crippen LogP contribution in [0.3, 0.4) is 0 Å². The van der Waals surface area contributed by atoms with Crippen molar-refractivity contribution in [1.82, 2.24) is 9.80 Å². The van der Waals surface area contributed by atoms with Crippen molar-refractivity contribution in [3.05, 3.63) is 125 Å². The number of nitrogens with one attached hydrogen (secondary N) is 2. The van der Waals surface area contributed by atoms with E-state index < -0.39 is 106 Å². The number of carbonyl (C=O) groups excluding carboxylic acids is 8. The van der Waals surface area contributed by atoms with Crippen LogP contribution in [-0.2, 0) is 38.2 Å². The number of rotatable bonds is 26. The lowest BCUT2D eigenvalue weighted by Gasteiger charge is -2.36. The molecule has 4 N–H and O–H groups in total. The number of anilines is 2. The molecule has 0 aliphatic carbocycles. The molecule has 0 saturated carbocycles. The summed E-state index contributed by atoms with van der Waals surface area (Å²) in [6.07, 6.45) is 8.86. The minimum absolute atomic E-state index is 0.0572. The van der Waals surface area contributed by atoms with Gasteiger partial charge in [-0.15, -0.1) is 0 Å². The maximum Gasteiger partial charge on any atom is 0.339 e. The Hall–Kier alpha value is -7.90. The highest BCUT2D eigenvalue weighted by atomic mass is 16.5. The van der Waals surface area contributed by atoms with Crippen LogP contribution >= 0.6 is 0 Å². The molecule has 4 aromatic carbocycles. The van der Waals surface area contributed by atoms with Crippen LogP contribution in [-0.4, -0.2) is 118 Å². The van der Waals surface area contributed by atoms with Crippen LogP contribution in [0.4, 0.5) is 11.4 Å². The average Bonchev–Trinajstić information content (AvgIpc) is 3.88. The molecule has 3 atom stereocenters. The van der Waals surface area contributed by atoms with E-state index in [2.05, 4.69) is 17.6 Å². The number of carboxylic acids is 2. The fourth-order valence-corrected chi connectivity index (χ4v) is 8.36. The third-order valence-corrected chi connectivity index (χ3v) is 12.1. The van der Waals surface area contributed by atoms with Crippen LogP contribution in [0, 0.1) is 0 Å². The number of benzene rings is 4. The van der Waals surface area contributed by atoms with Crippen LogP contribution in [0.5, 0.6) is 5.75 Å². The van der Waals surface area contributed by atoms with E-state index in [0.29, 0.717) is 21.9 Å². The molecule has 3 unspecified atom stereocenters. The smallest absolute Gasteiger partial charge is 0.339 e. The third kappa shape index (κ3) is 14.0. The van der Waals surface area contributed by atoms with Crippen molar-refractivity contribution in [2.75, 3.05) is 31.5 Å². The highest BCUT2D eigenvalue weighted by Gasteiger charge is 2.58. The Morgan fingerprint density at radius 3 is 1.59 bits per heavy atom. The normalized spacial score (nSPS) is 15.5. The lowest BCUT2D eigenvalue weighted by molar-refractivity contribution is -0.170. The summed E-state index contributed by atoms with van der Waals surface area (Å²) in [4.78, 5) is 130. The predicted octanol–water partition coefficient (Wildman–Crippen LogP) is 7.35. The number of nitrogens with zero attached hydrogens (tertiary/aromatic N) is 2. The van der Waals surface area contributed by atoms with E-state index in [9.17, 15) is 58.2 Å². The quantitative estimate of drug-likeness (QED) is 0.0207. The van der Waals surface area contributed by atoms with Crippen LogP contribution < -0.4 is 15.4 Å². The van der Waals surface area contributed by atoms with Gasteiger partial charge in [0.25, 0.3) is 23.4 Å². The standard InChI is InChI=1S/C34H42N2O10.C20H18N2O5/c1-3-4-5-6-7-8-9-10-11-15-18-46-30-24(33(41)42)19-22(20-25(30)34(43)44)29(38)28(31(39)35-23-16-13-12-14-17-23)36-27(37)21-26(45-2)32(36)40;1-27-20(22-16(23)12-13-17(22)24,18(25)14-8-4-2-5-9-14)19(26)21-15-10-6-3-7-11-15/h12-14,16-17,19-20,26,28H,3-11,15,18,21H2,1-2H3,(H,35,39)(H,41,42)(H,43,44);2-11H,12-13H2,1H3,(H,21,26). The number of methoxy groups -OCH3 is 2. The molecule has 19 nitrogen and oxygen atoms in total. The fourth-order valence-electron chi connectivity index (χ4n) is 8.36. The second-order valence-electron chi connectivity index (χ2n) is 17.2. The highest BCUT2D eigenvalue weighted by molar-refractivity contribution is 6.25. The number of likely N-dealkylation sites (tertiary alicyclic amines) is 2. The summed E-state index contributed by atoms with van der Waals surface area (Å²) in [5.41, 5.74) is -3.31. The number of carbonyl (C=O) groups is 10. The van der Waals surface area contributed by atoms with Gasteiger partial charge in [0.15, 0.2) is 11.8 Å². The summed E-state index contributed by atoms with van der Waals surface area (Å²) in [6.45, 7) is 2.24. The summed E-state index contributed by atoms with van der Waals surface area (Å²) in [5, 5.41) is 25.0. The van der Waals surface area contributed by atoms with Gasteiger partial charge in [-0.1, -0.05) is 131 Å². The minimum Gasteiger partial charge on any atom is -0.492 e. The largest absolute Gasteiger partial charge is 0.492 e. The number of amides is 6. The van der Waals surface area contributed by atoms with Crippen LogP contribution in [0.1, 0.15) is 132 Å². The number of ether oxygens (including phenoxy) is 3. The van der Waals surface area contributed by atoms with Gasteiger partial charge in [-0.25, -0.2) is 14.5 Å². The first-order chi connectivity index (χ1) is 35.1. The molecule has 2 aliphatic rings. The van der Waals surface area contributed by atoms with Gasteiger partial charge in [-0.05, 0) is 42.8 Å². The van der Waals surface area contributed by atoms with Crippen molar-refractivity contribution < 1.29 is 72.4 Å². The van der Waals surface area contributed by atoms with E-state index in [1.54, 1.807) is 66.7 Å². The van der Waals surface area contributed by atoms with E-state index in [4.69, 9.17) is 14.2 Å². The zero-order chi connectivity index (χ0) is 53.1. The number of unbranched alkanes of at least 4 members (excludes halogenated alkanes) is 9. The molecule has 2 saturated heterocycles. The van der Waals surface area contributed by atoms with Gasteiger partial charge in [0.2, 0.25) is 23.5 Å². The molecule has 6 amide bonds. The average molecular weight is 1010 g/mol. The van der Waals surface area contributed by atoms with Gasteiger partial charge in [0.05, 0.1) is 13.0 Å². The minimum atomic E-state index is -2.41. The Labute approximate surface area is 422 Å². The van der Waals surface area contributed by atoms with Crippen molar-refractivity contribution >= 4 is 70.3 Å². The number of imide groups is 2. The van der Waals surface area contributed by atoms with Crippen molar-refractivity contribution in [2.45, 2.75) is 108 Å². The van der Waals surface area contributed by atoms with Gasteiger partial charge in [0, 0.05) is 49.6 Å². The Morgan fingerprint density at radius 1 is 0.644 bits per heavy atom. The number of aromatic carboxylic acids is 2. The molecular formula is C54H60N4O15. The number of para-hydroxylation sites is 2. The second kappa shape index (κ2) is 27.1. The Balaban J connectivity index is 0.000000309. The molecule has 0 spiro atoms. The summed E-state index contributed by atoms with van der Waals surface area (Å²) in [6, 6.07) is 24.1. The van der Waals surface area contributed by atoms with Crippen molar-refractivity contribution in [1.29, 1.82) is 0 Å². The van der Waals surface area contributed by atoms with Crippen molar-refractivity contribution in [2.24, 2.45) is 0 Å². The molecule has 386 valence electrons. The van der Waals surface area contributed by atoms with Crippen molar-refractivity contribution in [3.8, 4) is 5.75 Å². The van der Waals surface area contributed by atoms with Crippen LogP contribution in [0.2, 0.25) is 0 Å². The summed E-state index contributed by atoms with van der Waals surface area (Å²) in [7, 11) is 2.33. The monoisotopic (exact) mass is 1000 g/mol. The molecule has 2 aliphatic heterocycles. The molecule has 2 fully saturated rings. The van der Waals surface area contributed by atoms with Crippen molar-refractivity contribution in [3.63, 3.8) is 0 Å². The summed E-state index contributed by atoms with van der Waals surface area (Å²) in [5.74, 6) is -10.5. The van der Waals surface area contributed by atoms with Gasteiger partial charge in [-0.2, -0.15) is 0 Å². The molecule has 0 radical (unpaired) electrons. The van der Waals surface area contributed by atoms with Gasteiger partial charge in [-0.3, -0.25) is 43.3 Å². The molecule has 2 heterocycles. The molecule has 4 aromatic rings. The number of hydrogen-bond donors (Lipinski definition) is 4. The SMILES string of the molecule is CCCCCCCCCCCCOc1c(C(=O)O)cc(C(=O)C(C(=O)Nc2ccccc2)N2C(=O)CC(OC)C2=O)cc1C(=O)O.COC(C(=O)Nc1ccccc1)(C(=O)c1ccccc1)N1C(=O)CCC1=O. The zero-order valence-corrected chi connectivity index (χ0v) is 41.0. The first kappa shape index (κ1) is 56.0.